The Morgan fingerprint density at radius 2 is 1.69 bits per heavy atom. The quantitative estimate of drug-likeness (QED) is 0.486. The van der Waals surface area contributed by atoms with Gasteiger partial charge in [-0.25, -0.2) is 0 Å². The third-order valence-electron chi connectivity index (χ3n) is 6.40. The van der Waals surface area contributed by atoms with Crippen LogP contribution in [0.5, 0.6) is 0 Å². The molecule has 1 fully saturated rings. The van der Waals surface area contributed by atoms with E-state index in [2.05, 4.69) is 54.4 Å². The zero-order valence-corrected chi connectivity index (χ0v) is 19.5. The third kappa shape index (κ3) is 5.77. The molecule has 1 N–H and O–H groups in total. The Morgan fingerprint density at radius 3 is 2.47 bits per heavy atom. The zero-order valence-electron chi connectivity index (χ0n) is 19.5. The molecule has 0 radical (unpaired) electrons. The first-order valence-electron chi connectivity index (χ1n) is 12.1. The summed E-state index contributed by atoms with van der Waals surface area (Å²) in [5, 5.41) is 9.14. The van der Waals surface area contributed by atoms with Crippen LogP contribution in [0.3, 0.4) is 0 Å². The highest BCUT2D eigenvalue weighted by Crippen LogP contribution is 2.28. The monoisotopic (exact) mass is 432 g/mol. The lowest BCUT2D eigenvalue weighted by atomic mass is 9.92. The maximum atomic E-state index is 12.3. The molecule has 0 spiro atoms. The van der Waals surface area contributed by atoms with Gasteiger partial charge in [0.15, 0.2) is 0 Å². The van der Waals surface area contributed by atoms with Crippen molar-refractivity contribution in [3.05, 3.63) is 54.6 Å². The fourth-order valence-electron chi connectivity index (χ4n) is 5.09. The molecule has 4 rings (SSSR count). The van der Waals surface area contributed by atoms with E-state index in [4.69, 9.17) is 5.10 Å². The molecule has 1 aromatic heterocycles. The van der Waals surface area contributed by atoms with E-state index in [1.54, 1.807) is 0 Å². The Hall–Kier alpha value is -2.66. The largest absolute Gasteiger partial charge is 0.356 e. The molecule has 170 valence electrons. The van der Waals surface area contributed by atoms with Gasteiger partial charge in [0.1, 0.15) is 5.69 Å². The number of aryl methyl sites for hydroxylation is 1. The van der Waals surface area contributed by atoms with E-state index in [1.165, 1.54) is 19.5 Å². The van der Waals surface area contributed by atoms with E-state index in [-0.39, 0.29) is 5.91 Å². The predicted octanol–water partition coefficient (Wildman–Crippen LogP) is 4.97. The van der Waals surface area contributed by atoms with E-state index in [0.717, 1.165) is 66.5 Å². The summed E-state index contributed by atoms with van der Waals surface area (Å²) in [6.45, 7) is 9.66. The Balaban J connectivity index is 1.24. The predicted molar refractivity (Wildman–Crippen MR) is 131 cm³/mol. The number of nitrogens with one attached hydrogen (secondary N) is 1. The molecule has 5 nitrogen and oxygen atoms in total. The molecule has 2 heterocycles. The maximum absolute atomic E-state index is 12.3. The van der Waals surface area contributed by atoms with Crippen molar-refractivity contribution in [2.75, 3.05) is 26.2 Å². The molecule has 0 bridgehead atoms. The summed E-state index contributed by atoms with van der Waals surface area (Å²) >= 11 is 0. The average Bonchev–Trinajstić information content (AvgIpc) is 3.16. The molecule has 1 saturated heterocycles. The average molecular weight is 433 g/mol. The highest BCUT2D eigenvalue weighted by molar-refractivity contribution is 5.93. The topological polar surface area (TPSA) is 50.2 Å². The summed E-state index contributed by atoms with van der Waals surface area (Å²) in [5.41, 5.74) is 3.25. The van der Waals surface area contributed by atoms with Crippen LogP contribution in [0.25, 0.3) is 22.2 Å². The summed E-state index contributed by atoms with van der Waals surface area (Å²) in [7, 11) is 0. The molecule has 3 aromatic rings. The third-order valence-corrected chi connectivity index (χ3v) is 6.40. The van der Waals surface area contributed by atoms with Gasteiger partial charge in [-0.3, -0.25) is 9.48 Å². The second-order valence-corrected chi connectivity index (χ2v) is 9.47. The minimum atomic E-state index is 0.144. The molecule has 1 aliphatic rings. The van der Waals surface area contributed by atoms with Crippen molar-refractivity contribution < 1.29 is 4.79 Å². The number of rotatable bonds is 9. The molecule has 5 heteroatoms. The summed E-state index contributed by atoms with van der Waals surface area (Å²) in [5.74, 6) is 1.72. The number of nitrogens with zero attached hydrogens (tertiary/aromatic N) is 3. The molecular weight excluding hydrogens is 396 g/mol. The van der Waals surface area contributed by atoms with Gasteiger partial charge in [-0.1, -0.05) is 62.4 Å². The number of para-hydroxylation sites is 1. The number of hydrogen-bond acceptors (Lipinski definition) is 3. The van der Waals surface area contributed by atoms with Crippen LogP contribution in [0.2, 0.25) is 0 Å². The van der Waals surface area contributed by atoms with Crippen molar-refractivity contribution in [2.24, 2.45) is 11.8 Å². The number of aromatic nitrogens is 2. The van der Waals surface area contributed by atoms with Crippen molar-refractivity contribution in [1.82, 2.24) is 20.0 Å². The van der Waals surface area contributed by atoms with Gasteiger partial charge in [0.05, 0.1) is 5.52 Å². The van der Waals surface area contributed by atoms with E-state index < -0.39 is 0 Å². The fourth-order valence-corrected chi connectivity index (χ4v) is 5.09. The van der Waals surface area contributed by atoms with Crippen molar-refractivity contribution in [2.45, 2.75) is 46.1 Å². The van der Waals surface area contributed by atoms with Crippen LogP contribution in [0, 0.1) is 11.8 Å². The number of piperidine rings is 1. The maximum Gasteiger partial charge on any atom is 0.220 e. The molecule has 2 aromatic carbocycles. The number of carbonyl (C=O) groups excluding carboxylic acids is 1. The first-order valence-corrected chi connectivity index (χ1v) is 12.1. The van der Waals surface area contributed by atoms with Crippen molar-refractivity contribution in [3.8, 4) is 11.3 Å². The molecule has 0 aliphatic carbocycles. The molecule has 0 unspecified atom stereocenters. The summed E-state index contributed by atoms with van der Waals surface area (Å²) in [6, 6.07) is 18.6. The molecule has 0 saturated carbocycles. The second-order valence-electron chi connectivity index (χ2n) is 9.47. The summed E-state index contributed by atoms with van der Waals surface area (Å²) in [6.07, 6.45) is 3.68. The number of amides is 1. The first-order chi connectivity index (χ1) is 15.6. The fraction of sp³-hybridized carbons (Fsp3) is 0.481. The van der Waals surface area contributed by atoms with E-state index in [1.807, 2.05) is 28.9 Å². The van der Waals surface area contributed by atoms with Crippen LogP contribution in [0.1, 0.15) is 39.5 Å². The van der Waals surface area contributed by atoms with E-state index in [9.17, 15) is 4.79 Å². The van der Waals surface area contributed by atoms with Crippen LogP contribution in [-0.4, -0.2) is 46.8 Å². The van der Waals surface area contributed by atoms with Crippen LogP contribution < -0.4 is 5.32 Å². The Kier molecular flexibility index (Phi) is 7.59. The normalized spacial score (nSPS) is 19.3. The number of fused-ring (bicyclic) bond motifs is 1. The SMILES string of the molecule is C[C@H]1C[C@H](C)CN(CCCNC(=O)CCCn2nc(-c3ccccc3)c3ccccc32)C1. The van der Waals surface area contributed by atoms with Crippen molar-refractivity contribution in [1.29, 1.82) is 0 Å². The number of carbonyl (C=O) groups is 1. The highest BCUT2D eigenvalue weighted by atomic mass is 16.1. The Morgan fingerprint density at radius 1 is 0.969 bits per heavy atom. The van der Waals surface area contributed by atoms with Gasteiger partial charge >= 0.3 is 0 Å². The summed E-state index contributed by atoms with van der Waals surface area (Å²) < 4.78 is 2.05. The van der Waals surface area contributed by atoms with E-state index in [0.29, 0.717) is 6.42 Å². The lowest BCUT2D eigenvalue weighted by Gasteiger charge is -2.34. The zero-order chi connectivity index (χ0) is 22.3. The van der Waals surface area contributed by atoms with Gasteiger partial charge in [-0.2, -0.15) is 5.10 Å². The van der Waals surface area contributed by atoms with Crippen LogP contribution in [0.4, 0.5) is 0 Å². The number of benzene rings is 2. The van der Waals surface area contributed by atoms with Gasteiger partial charge in [-0.15, -0.1) is 0 Å². The molecule has 32 heavy (non-hydrogen) atoms. The van der Waals surface area contributed by atoms with Gasteiger partial charge in [-0.05, 0) is 43.7 Å². The minimum Gasteiger partial charge on any atom is -0.356 e. The van der Waals surface area contributed by atoms with Crippen LogP contribution in [0.15, 0.2) is 54.6 Å². The number of hydrogen-bond donors (Lipinski definition) is 1. The minimum absolute atomic E-state index is 0.144. The highest BCUT2D eigenvalue weighted by Gasteiger charge is 2.21. The molecule has 1 aliphatic heterocycles. The van der Waals surface area contributed by atoms with Gasteiger partial charge in [0.2, 0.25) is 5.91 Å². The standard InChI is InChI=1S/C27H36N4O/c1-21-18-22(2)20-30(19-21)16-9-15-28-26(32)14-8-17-31-25-13-7-6-12-24(25)27(29-31)23-10-4-3-5-11-23/h3-7,10-13,21-22H,8-9,14-20H2,1-2H3,(H,28,32)/t21-,22-/m0/s1. The lowest BCUT2D eigenvalue weighted by Crippen LogP contribution is -2.40. The van der Waals surface area contributed by atoms with Gasteiger partial charge < -0.3 is 10.2 Å². The Bertz CT molecular complexity index is 1000. The number of likely N-dealkylation sites (tertiary alicyclic amines) is 1. The van der Waals surface area contributed by atoms with Gasteiger partial charge in [0.25, 0.3) is 0 Å². The van der Waals surface area contributed by atoms with E-state index >= 15 is 0 Å². The van der Waals surface area contributed by atoms with Gasteiger partial charge in [0, 0.05) is 43.5 Å². The smallest absolute Gasteiger partial charge is 0.220 e. The van der Waals surface area contributed by atoms with Crippen LogP contribution in [-0.2, 0) is 11.3 Å². The van der Waals surface area contributed by atoms with Crippen molar-refractivity contribution >= 4 is 16.8 Å². The Labute approximate surface area is 191 Å². The summed E-state index contributed by atoms with van der Waals surface area (Å²) in [4.78, 5) is 14.9. The van der Waals surface area contributed by atoms with Crippen LogP contribution >= 0.6 is 0 Å². The first kappa shape index (κ1) is 22.5. The van der Waals surface area contributed by atoms with Crippen molar-refractivity contribution in [3.63, 3.8) is 0 Å². The lowest BCUT2D eigenvalue weighted by molar-refractivity contribution is -0.121. The molecule has 1 amide bonds. The molecular formula is C27H36N4O. The second kappa shape index (κ2) is 10.8. The molecule has 2 atom stereocenters.